The maximum absolute atomic E-state index is 13.0. The second-order valence-corrected chi connectivity index (χ2v) is 6.15. The summed E-state index contributed by atoms with van der Waals surface area (Å²) in [5.41, 5.74) is 3.49. The lowest BCUT2D eigenvalue weighted by atomic mass is 10.0. The van der Waals surface area contributed by atoms with E-state index in [4.69, 9.17) is 4.74 Å². The van der Waals surface area contributed by atoms with Crippen molar-refractivity contribution in [2.24, 2.45) is 5.92 Å². The van der Waals surface area contributed by atoms with Crippen LogP contribution in [0, 0.1) is 12.8 Å². The highest BCUT2D eigenvalue weighted by Gasteiger charge is 2.43. The molecule has 0 spiro atoms. The topological polar surface area (TPSA) is 79.9 Å². The van der Waals surface area contributed by atoms with Crippen molar-refractivity contribution >= 4 is 22.8 Å². The average molecular weight is 340 g/mol. The van der Waals surface area contributed by atoms with E-state index in [1.165, 1.54) is 0 Å². The summed E-state index contributed by atoms with van der Waals surface area (Å²) in [6.07, 6.45) is 2.81. The predicted octanol–water partition coefficient (Wildman–Crippen LogP) is 3.24. The highest BCUT2D eigenvalue weighted by molar-refractivity contribution is 5.98. The Balaban J connectivity index is 1.70. The minimum absolute atomic E-state index is 0.292. The number of pyridine rings is 2. The molecule has 3 heterocycles. The Hall–Kier alpha value is -2.96. The van der Waals surface area contributed by atoms with Crippen LogP contribution in [0.4, 0.5) is 10.2 Å². The zero-order chi connectivity index (χ0) is 17.6. The van der Waals surface area contributed by atoms with Crippen molar-refractivity contribution in [3.05, 3.63) is 36.2 Å². The molecule has 2 unspecified atom stereocenters. The number of amides is 1. The van der Waals surface area contributed by atoms with E-state index < -0.39 is 12.1 Å². The van der Waals surface area contributed by atoms with Crippen LogP contribution in [0.15, 0.2) is 30.6 Å². The van der Waals surface area contributed by atoms with E-state index >= 15 is 0 Å². The molecule has 128 valence electrons. The summed E-state index contributed by atoms with van der Waals surface area (Å²) in [4.78, 5) is 23.6. The van der Waals surface area contributed by atoms with Gasteiger partial charge in [-0.15, -0.1) is 0 Å². The highest BCUT2D eigenvalue weighted by Crippen LogP contribution is 2.37. The van der Waals surface area contributed by atoms with E-state index in [0.717, 1.165) is 22.1 Å². The van der Waals surface area contributed by atoms with Gasteiger partial charge in [-0.1, -0.05) is 0 Å². The Morgan fingerprint density at radius 1 is 1.40 bits per heavy atom. The van der Waals surface area contributed by atoms with Crippen LogP contribution in [0.25, 0.3) is 22.2 Å². The second kappa shape index (κ2) is 5.84. The Morgan fingerprint density at radius 3 is 2.92 bits per heavy atom. The van der Waals surface area contributed by atoms with Gasteiger partial charge in [-0.05, 0) is 37.1 Å². The number of alkyl halides is 1. The molecule has 2 atom stereocenters. The fraction of sp³-hybridized carbons (Fsp3) is 0.278. The number of fused-ring (bicyclic) bond motifs is 1. The van der Waals surface area contributed by atoms with Gasteiger partial charge in [0.05, 0.1) is 13.0 Å². The van der Waals surface area contributed by atoms with Crippen molar-refractivity contribution in [2.75, 3.05) is 12.4 Å². The number of aromatic amines is 1. The zero-order valence-electron chi connectivity index (χ0n) is 13.8. The number of aromatic nitrogens is 3. The fourth-order valence-corrected chi connectivity index (χ4v) is 2.95. The van der Waals surface area contributed by atoms with Crippen LogP contribution in [0.5, 0.6) is 5.88 Å². The monoisotopic (exact) mass is 340 g/mol. The van der Waals surface area contributed by atoms with Gasteiger partial charge in [0.1, 0.15) is 17.6 Å². The molecule has 4 rings (SSSR count). The number of ether oxygens (including phenoxy) is 1. The quantitative estimate of drug-likeness (QED) is 0.764. The van der Waals surface area contributed by atoms with E-state index in [0.29, 0.717) is 23.8 Å². The van der Waals surface area contributed by atoms with Crippen molar-refractivity contribution in [3.63, 3.8) is 0 Å². The molecule has 0 saturated heterocycles. The van der Waals surface area contributed by atoms with Gasteiger partial charge in [0.2, 0.25) is 11.8 Å². The van der Waals surface area contributed by atoms with Crippen LogP contribution in [0.1, 0.15) is 12.0 Å². The van der Waals surface area contributed by atoms with E-state index in [-0.39, 0.29) is 5.91 Å². The van der Waals surface area contributed by atoms with Gasteiger partial charge in [0, 0.05) is 28.9 Å². The summed E-state index contributed by atoms with van der Waals surface area (Å²) in [5.74, 6) is 0.0794. The average Bonchev–Trinajstić information content (AvgIpc) is 3.20. The molecule has 0 radical (unpaired) electrons. The maximum Gasteiger partial charge on any atom is 0.231 e. The standard InChI is InChI=1S/C18H17FN4O2/c1-9-5-6-20-18(25-2)15(9)12-8-21-16-10(12)3-4-14(22-16)23-17(24)11-7-13(11)19/h3-6,8,11,13H,7H2,1-2H3,(H2,21,22,23,24). The minimum Gasteiger partial charge on any atom is -0.481 e. The van der Waals surface area contributed by atoms with Crippen LogP contribution in [-0.2, 0) is 4.79 Å². The number of carbonyl (C=O) groups excluding carboxylic acids is 1. The number of nitrogens with zero attached hydrogens (tertiary/aromatic N) is 2. The van der Waals surface area contributed by atoms with Gasteiger partial charge in [0.25, 0.3) is 0 Å². The van der Waals surface area contributed by atoms with Crippen molar-refractivity contribution in [2.45, 2.75) is 19.5 Å². The SMILES string of the molecule is COc1nccc(C)c1-c1c[nH]c2nc(NC(=O)C3CC3F)ccc12. The lowest BCUT2D eigenvalue weighted by Gasteiger charge is -2.09. The van der Waals surface area contributed by atoms with Crippen LogP contribution in [0.3, 0.4) is 0 Å². The molecule has 3 aromatic rings. The molecule has 1 amide bonds. The van der Waals surface area contributed by atoms with Crippen LogP contribution >= 0.6 is 0 Å². The molecular weight excluding hydrogens is 323 g/mol. The number of rotatable bonds is 4. The number of H-pyrrole nitrogens is 1. The molecule has 1 fully saturated rings. The summed E-state index contributed by atoms with van der Waals surface area (Å²) in [5, 5.41) is 3.55. The van der Waals surface area contributed by atoms with Gasteiger partial charge in [0.15, 0.2) is 0 Å². The largest absolute Gasteiger partial charge is 0.481 e. The summed E-state index contributed by atoms with van der Waals surface area (Å²) in [6.45, 7) is 1.99. The molecule has 0 aromatic carbocycles. The van der Waals surface area contributed by atoms with E-state index in [9.17, 15) is 9.18 Å². The van der Waals surface area contributed by atoms with E-state index in [1.54, 1.807) is 19.4 Å². The first kappa shape index (κ1) is 15.6. The molecule has 1 saturated carbocycles. The smallest absolute Gasteiger partial charge is 0.231 e. The second-order valence-electron chi connectivity index (χ2n) is 6.15. The lowest BCUT2D eigenvalue weighted by Crippen LogP contribution is -2.15. The lowest BCUT2D eigenvalue weighted by molar-refractivity contribution is -0.117. The molecule has 7 heteroatoms. The molecule has 6 nitrogen and oxygen atoms in total. The molecule has 1 aliphatic rings. The molecule has 0 bridgehead atoms. The Morgan fingerprint density at radius 2 is 2.20 bits per heavy atom. The van der Waals surface area contributed by atoms with Gasteiger partial charge >= 0.3 is 0 Å². The number of carbonyl (C=O) groups is 1. The number of anilines is 1. The van der Waals surface area contributed by atoms with Crippen molar-refractivity contribution in [3.8, 4) is 17.0 Å². The Bertz CT molecular complexity index is 969. The van der Waals surface area contributed by atoms with Gasteiger partial charge in [-0.3, -0.25) is 4.79 Å². The van der Waals surface area contributed by atoms with Crippen molar-refractivity contribution in [1.29, 1.82) is 0 Å². The summed E-state index contributed by atoms with van der Waals surface area (Å²) in [7, 11) is 1.59. The Kier molecular flexibility index (Phi) is 3.63. The number of halogens is 1. The molecular formula is C18H17FN4O2. The molecule has 25 heavy (non-hydrogen) atoms. The van der Waals surface area contributed by atoms with E-state index in [1.807, 2.05) is 25.3 Å². The summed E-state index contributed by atoms with van der Waals surface area (Å²) in [6, 6.07) is 5.50. The van der Waals surface area contributed by atoms with Crippen molar-refractivity contribution < 1.29 is 13.9 Å². The fourth-order valence-electron chi connectivity index (χ4n) is 2.95. The first-order valence-corrected chi connectivity index (χ1v) is 8.01. The van der Waals surface area contributed by atoms with Crippen LogP contribution in [0.2, 0.25) is 0 Å². The third-order valence-electron chi connectivity index (χ3n) is 4.43. The minimum atomic E-state index is -1.03. The zero-order valence-corrected chi connectivity index (χ0v) is 13.8. The first-order valence-electron chi connectivity index (χ1n) is 8.01. The van der Waals surface area contributed by atoms with E-state index in [2.05, 4.69) is 20.3 Å². The third-order valence-corrected chi connectivity index (χ3v) is 4.43. The number of hydrogen-bond donors (Lipinski definition) is 2. The van der Waals surface area contributed by atoms with Gasteiger partial charge in [-0.2, -0.15) is 0 Å². The molecule has 1 aliphatic carbocycles. The highest BCUT2D eigenvalue weighted by atomic mass is 19.1. The predicted molar refractivity (Wildman–Crippen MR) is 92.2 cm³/mol. The normalized spacial score (nSPS) is 19.0. The molecule has 3 aromatic heterocycles. The number of nitrogens with one attached hydrogen (secondary N) is 2. The van der Waals surface area contributed by atoms with Gasteiger partial charge < -0.3 is 15.0 Å². The maximum atomic E-state index is 13.0. The summed E-state index contributed by atoms with van der Waals surface area (Å²) < 4.78 is 18.4. The Labute approximate surface area is 143 Å². The third kappa shape index (κ3) is 2.71. The van der Waals surface area contributed by atoms with Crippen LogP contribution in [-0.4, -0.2) is 34.1 Å². The number of aryl methyl sites for hydroxylation is 1. The van der Waals surface area contributed by atoms with Gasteiger partial charge in [-0.25, -0.2) is 14.4 Å². The first-order chi connectivity index (χ1) is 12.1. The van der Waals surface area contributed by atoms with Crippen molar-refractivity contribution in [1.82, 2.24) is 15.0 Å². The molecule has 2 N–H and O–H groups in total. The number of hydrogen-bond acceptors (Lipinski definition) is 4. The summed E-state index contributed by atoms with van der Waals surface area (Å²) >= 11 is 0. The van der Waals surface area contributed by atoms with Crippen LogP contribution < -0.4 is 10.1 Å². The molecule has 0 aliphatic heterocycles. The number of methoxy groups -OCH3 is 1.